The molecular weight excluding hydrogens is 236 g/mol. The van der Waals surface area contributed by atoms with Crippen LogP contribution in [0, 0.1) is 0 Å². The number of carboxylic acids is 3. The van der Waals surface area contributed by atoms with Crippen LogP contribution in [0.25, 0.3) is 0 Å². The van der Waals surface area contributed by atoms with Crippen LogP contribution in [0.1, 0.15) is 12.8 Å². The molecule has 0 rings (SSSR count). The Morgan fingerprint density at radius 2 is 1.20 bits per heavy atom. The summed E-state index contributed by atoms with van der Waals surface area (Å²) in [5.41, 5.74) is -2.74. The van der Waals surface area contributed by atoms with E-state index in [1.807, 2.05) is 0 Å². The highest BCUT2D eigenvalue weighted by Crippen LogP contribution is 2.15. The van der Waals surface area contributed by atoms with Gasteiger partial charge in [0.15, 0.2) is 5.60 Å². The van der Waals surface area contributed by atoms with Gasteiger partial charge < -0.3 is 20.4 Å². The first-order valence-corrected chi connectivity index (χ1v) is 3.68. The second kappa shape index (κ2) is 6.98. The van der Waals surface area contributed by atoms with Gasteiger partial charge in [-0.2, -0.15) is 0 Å². The van der Waals surface area contributed by atoms with Crippen molar-refractivity contribution in [3.8, 4) is 0 Å². The standard InChI is InChI=1S/C6H8O7.ClHO/c7-3(8)1-6(13,5(11)12)2-4(9)10;1-2/h13H,1-2H2,(H,7,8)(H,9,10)(H,11,12);2H. The van der Waals surface area contributed by atoms with Crippen molar-refractivity contribution >= 4 is 29.8 Å². The van der Waals surface area contributed by atoms with E-state index in [9.17, 15) is 14.4 Å². The molecule has 15 heavy (non-hydrogen) atoms. The summed E-state index contributed by atoms with van der Waals surface area (Å²) in [6, 6.07) is 0. The summed E-state index contributed by atoms with van der Waals surface area (Å²) in [5, 5.41) is 33.8. The number of carbonyl (C=O) groups is 3. The normalized spacial score (nSPS) is 9.80. The van der Waals surface area contributed by atoms with Crippen LogP contribution in [-0.4, -0.2) is 48.6 Å². The van der Waals surface area contributed by atoms with Crippen LogP contribution in [0.3, 0.4) is 0 Å². The van der Waals surface area contributed by atoms with E-state index in [-0.39, 0.29) is 0 Å². The molecule has 8 nitrogen and oxygen atoms in total. The van der Waals surface area contributed by atoms with Gasteiger partial charge in [-0.05, 0) is 0 Å². The van der Waals surface area contributed by atoms with Crippen molar-refractivity contribution in [2.24, 2.45) is 0 Å². The highest BCUT2D eigenvalue weighted by atomic mass is 35.5. The molecule has 0 aromatic rings. The fraction of sp³-hybridized carbons (Fsp3) is 0.500. The van der Waals surface area contributed by atoms with Crippen LogP contribution in [0.4, 0.5) is 0 Å². The predicted molar refractivity (Wildman–Crippen MR) is 45.2 cm³/mol. The minimum Gasteiger partial charge on any atom is -0.481 e. The highest BCUT2D eigenvalue weighted by Gasteiger charge is 2.40. The number of aliphatic hydroxyl groups is 1. The second-order valence-electron chi connectivity index (χ2n) is 2.48. The third kappa shape index (κ3) is 6.66. The van der Waals surface area contributed by atoms with E-state index in [0.717, 1.165) is 0 Å². The van der Waals surface area contributed by atoms with Crippen LogP contribution < -0.4 is 0 Å². The smallest absolute Gasteiger partial charge is 0.336 e. The van der Waals surface area contributed by atoms with E-state index >= 15 is 0 Å². The molecule has 88 valence electrons. The minimum atomic E-state index is -2.74. The van der Waals surface area contributed by atoms with Crippen LogP contribution in [0.2, 0.25) is 0 Å². The number of aliphatic carboxylic acids is 3. The fourth-order valence-corrected chi connectivity index (χ4v) is 0.714. The molecule has 0 aromatic heterocycles. The predicted octanol–water partition coefficient (Wildman–Crippen LogP) is -1.12. The topological polar surface area (TPSA) is 152 Å². The molecule has 0 heterocycles. The first kappa shape index (κ1) is 16.1. The molecule has 5 N–H and O–H groups in total. The maximum Gasteiger partial charge on any atom is 0.336 e. The molecule has 0 bridgehead atoms. The van der Waals surface area contributed by atoms with E-state index in [2.05, 4.69) is 11.9 Å². The third-order valence-corrected chi connectivity index (χ3v) is 1.29. The largest absolute Gasteiger partial charge is 0.481 e. The molecule has 0 fully saturated rings. The van der Waals surface area contributed by atoms with Crippen LogP contribution >= 0.6 is 11.9 Å². The van der Waals surface area contributed by atoms with E-state index in [1.165, 1.54) is 0 Å². The quantitative estimate of drug-likeness (QED) is 0.408. The highest BCUT2D eigenvalue weighted by molar-refractivity contribution is 6.04. The lowest BCUT2D eigenvalue weighted by Gasteiger charge is -2.18. The Morgan fingerprint density at radius 3 is 1.33 bits per heavy atom. The third-order valence-electron chi connectivity index (χ3n) is 1.29. The molecule has 0 aliphatic rings. The second-order valence-corrected chi connectivity index (χ2v) is 2.48. The van der Waals surface area contributed by atoms with Gasteiger partial charge in [-0.1, -0.05) is 0 Å². The zero-order chi connectivity index (χ0) is 12.6. The molecule has 9 heteroatoms. The molecule has 0 aliphatic carbocycles. The summed E-state index contributed by atoms with van der Waals surface area (Å²) in [6.07, 6.45) is -2.29. The summed E-state index contributed by atoms with van der Waals surface area (Å²) in [7, 11) is 0. The molecule has 0 saturated carbocycles. The summed E-state index contributed by atoms with van der Waals surface area (Å²) in [6.45, 7) is 0. The molecule has 0 saturated heterocycles. The lowest BCUT2D eigenvalue weighted by molar-refractivity contribution is -0.170. The van der Waals surface area contributed by atoms with Gasteiger partial charge in [0.05, 0.1) is 24.7 Å². The van der Waals surface area contributed by atoms with Gasteiger partial charge in [0, 0.05) is 0 Å². The fourth-order valence-electron chi connectivity index (χ4n) is 0.714. The summed E-state index contributed by atoms with van der Waals surface area (Å²) in [5.74, 6) is -5.02. The molecule has 0 amide bonds. The minimum absolute atomic E-state index is 1.14. The van der Waals surface area contributed by atoms with Crippen molar-refractivity contribution in [1.29, 1.82) is 0 Å². The first-order valence-electron chi connectivity index (χ1n) is 3.34. The van der Waals surface area contributed by atoms with Gasteiger partial charge >= 0.3 is 17.9 Å². The van der Waals surface area contributed by atoms with E-state index < -0.39 is 36.4 Å². The summed E-state index contributed by atoms with van der Waals surface area (Å²) in [4.78, 5) is 30.5. The van der Waals surface area contributed by atoms with Crippen molar-refractivity contribution in [3.05, 3.63) is 0 Å². The Balaban J connectivity index is 0. The van der Waals surface area contributed by atoms with Gasteiger partial charge in [0.25, 0.3) is 0 Å². The van der Waals surface area contributed by atoms with E-state index in [0.29, 0.717) is 0 Å². The van der Waals surface area contributed by atoms with Gasteiger partial charge in [0.2, 0.25) is 0 Å². The van der Waals surface area contributed by atoms with Crippen LogP contribution in [-0.2, 0) is 14.4 Å². The average Bonchev–Trinajstić information content (AvgIpc) is 2.04. The zero-order valence-electron chi connectivity index (χ0n) is 7.25. The zero-order valence-corrected chi connectivity index (χ0v) is 8.01. The molecule has 0 aliphatic heterocycles. The van der Waals surface area contributed by atoms with Crippen molar-refractivity contribution in [3.63, 3.8) is 0 Å². The Morgan fingerprint density at radius 1 is 0.933 bits per heavy atom. The number of carboxylic acid groups (broad SMARTS) is 3. The van der Waals surface area contributed by atoms with Crippen LogP contribution in [0.5, 0.6) is 0 Å². The van der Waals surface area contributed by atoms with Crippen LogP contribution in [0.15, 0.2) is 0 Å². The number of hydrogen-bond donors (Lipinski definition) is 5. The first-order chi connectivity index (χ1) is 6.78. The molecular formula is C6H9ClO8. The Kier molecular flexibility index (Phi) is 7.48. The van der Waals surface area contributed by atoms with E-state index in [1.54, 1.807) is 0 Å². The van der Waals surface area contributed by atoms with E-state index in [4.69, 9.17) is 25.1 Å². The van der Waals surface area contributed by atoms with Crippen molar-refractivity contribution in [2.45, 2.75) is 18.4 Å². The number of hydrogen-bond acceptors (Lipinski definition) is 5. The van der Waals surface area contributed by atoms with Gasteiger partial charge in [-0.15, -0.1) is 0 Å². The molecule has 0 radical (unpaired) electrons. The SMILES string of the molecule is O=C(O)CC(O)(CC(=O)O)C(=O)O.OCl. The summed E-state index contributed by atoms with van der Waals surface area (Å²) < 4.78 is 6.47. The lowest BCUT2D eigenvalue weighted by Crippen LogP contribution is -2.42. The van der Waals surface area contributed by atoms with Crippen molar-refractivity contribution in [2.75, 3.05) is 0 Å². The molecule has 0 spiro atoms. The van der Waals surface area contributed by atoms with Gasteiger partial charge in [0.1, 0.15) is 0 Å². The monoisotopic (exact) mass is 244 g/mol. The van der Waals surface area contributed by atoms with Gasteiger partial charge in [-0.25, -0.2) is 4.79 Å². The number of rotatable bonds is 5. The molecule has 0 unspecified atom stereocenters. The Bertz CT molecular complexity index is 234. The Labute approximate surface area is 88.5 Å². The van der Waals surface area contributed by atoms with Crippen molar-refractivity contribution < 1.29 is 39.5 Å². The molecule has 0 aromatic carbocycles. The van der Waals surface area contributed by atoms with Gasteiger partial charge in [-0.3, -0.25) is 14.2 Å². The van der Waals surface area contributed by atoms with Crippen molar-refractivity contribution in [1.82, 2.24) is 0 Å². The summed E-state index contributed by atoms with van der Waals surface area (Å²) >= 11 is 3.64. The molecule has 0 atom stereocenters. The maximum absolute atomic E-state index is 10.3. The lowest BCUT2D eigenvalue weighted by atomic mass is 9.96. The average molecular weight is 245 g/mol. The number of halogens is 1. The Hall–Kier alpha value is -1.38. The maximum atomic E-state index is 10.3.